The lowest BCUT2D eigenvalue weighted by molar-refractivity contribution is -0.0455. The predicted octanol–water partition coefficient (Wildman–Crippen LogP) is 2.15. The zero-order chi connectivity index (χ0) is 19.8. The van der Waals surface area contributed by atoms with Gasteiger partial charge in [-0.05, 0) is 49.9 Å². The average molecular weight is 395 g/mol. The molecule has 2 aliphatic rings. The van der Waals surface area contributed by atoms with Crippen molar-refractivity contribution in [3.05, 3.63) is 48.3 Å². The van der Waals surface area contributed by atoms with E-state index < -0.39 is 0 Å². The number of imidazole rings is 1. The van der Waals surface area contributed by atoms with E-state index in [-0.39, 0.29) is 11.5 Å². The topological polar surface area (TPSA) is 73.2 Å². The van der Waals surface area contributed by atoms with Crippen molar-refractivity contribution in [2.45, 2.75) is 38.5 Å². The number of rotatable bonds is 4. The van der Waals surface area contributed by atoms with Crippen LogP contribution in [0.5, 0.6) is 0 Å². The number of nitrogens with zero attached hydrogens (tertiary/aromatic N) is 5. The number of H-pyrrole nitrogens is 1. The van der Waals surface area contributed by atoms with E-state index in [4.69, 9.17) is 0 Å². The summed E-state index contributed by atoms with van der Waals surface area (Å²) in [6.45, 7) is 5.70. The molecule has 154 valence electrons. The molecule has 5 rings (SSSR count). The first-order valence-corrected chi connectivity index (χ1v) is 10.6. The molecule has 2 N–H and O–H groups in total. The number of hydrogen-bond donors (Lipinski definition) is 2. The van der Waals surface area contributed by atoms with Gasteiger partial charge in [-0.3, -0.25) is 14.8 Å². The van der Waals surface area contributed by atoms with Crippen molar-refractivity contribution in [3.63, 3.8) is 0 Å². The number of hydrogen-bond acceptors (Lipinski definition) is 5. The second-order valence-corrected chi connectivity index (χ2v) is 8.97. The number of nitrogens with one attached hydrogen (secondary N) is 1. The van der Waals surface area contributed by atoms with E-state index in [0.717, 1.165) is 75.4 Å². The highest BCUT2D eigenvalue weighted by Gasteiger charge is 2.41. The predicted molar refractivity (Wildman–Crippen MR) is 112 cm³/mol. The molecular weight excluding hydrogens is 364 g/mol. The van der Waals surface area contributed by atoms with E-state index in [1.807, 2.05) is 31.7 Å². The molecule has 2 saturated heterocycles. The van der Waals surface area contributed by atoms with E-state index in [1.165, 1.54) is 5.56 Å². The highest BCUT2D eigenvalue weighted by atomic mass is 16.3. The number of aliphatic hydroxyl groups is 1. The Kier molecular flexibility index (Phi) is 4.89. The van der Waals surface area contributed by atoms with Crippen LogP contribution in [-0.4, -0.2) is 66.7 Å². The Bertz CT molecular complexity index is 971. The lowest BCUT2D eigenvalue weighted by atomic mass is 9.71. The number of likely N-dealkylation sites (tertiary alicyclic amines) is 2. The van der Waals surface area contributed by atoms with Gasteiger partial charge in [0.05, 0.1) is 23.7 Å². The van der Waals surface area contributed by atoms with Crippen LogP contribution in [0.4, 0.5) is 0 Å². The monoisotopic (exact) mass is 394 g/mol. The Labute approximate surface area is 171 Å². The summed E-state index contributed by atoms with van der Waals surface area (Å²) in [5, 5.41) is 10.6. The van der Waals surface area contributed by atoms with E-state index >= 15 is 0 Å². The SMILES string of the molecule is Cn1ccnc1CN1CC(O)CC2(CCN(Cc3c[nH]c4cccnc34)CC2)C1. The molecule has 0 aliphatic carbocycles. The van der Waals surface area contributed by atoms with Crippen LogP contribution in [0, 0.1) is 5.41 Å². The molecule has 3 aromatic rings. The van der Waals surface area contributed by atoms with Crippen LogP contribution >= 0.6 is 0 Å². The quantitative estimate of drug-likeness (QED) is 0.709. The van der Waals surface area contributed by atoms with Crippen LogP contribution < -0.4 is 0 Å². The van der Waals surface area contributed by atoms with Gasteiger partial charge in [-0.1, -0.05) is 0 Å². The van der Waals surface area contributed by atoms with Gasteiger partial charge >= 0.3 is 0 Å². The molecule has 7 heteroatoms. The maximum Gasteiger partial charge on any atom is 0.122 e. The number of fused-ring (bicyclic) bond motifs is 1. The molecule has 0 aromatic carbocycles. The second kappa shape index (κ2) is 7.55. The van der Waals surface area contributed by atoms with E-state index in [9.17, 15) is 5.11 Å². The number of piperidine rings is 2. The first-order valence-electron chi connectivity index (χ1n) is 10.6. The summed E-state index contributed by atoms with van der Waals surface area (Å²) in [5.74, 6) is 1.07. The van der Waals surface area contributed by atoms with Crippen molar-refractivity contribution in [2.24, 2.45) is 12.5 Å². The van der Waals surface area contributed by atoms with Crippen molar-refractivity contribution in [2.75, 3.05) is 26.2 Å². The molecule has 0 saturated carbocycles. The van der Waals surface area contributed by atoms with Crippen LogP contribution in [0.15, 0.2) is 36.9 Å². The highest BCUT2D eigenvalue weighted by Crippen LogP contribution is 2.40. The first-order chi connectivity index (χ1) is 14.1. The van der Waals surface area contributed by atoms with E-state index in [0.29, 0.717) is 0 Å². The number of aromatic amines is 1. The molecule has 2 fully saturated rings. The Hall–Kier alpha value is -2.22. The summed E-state index contributed by atoms with van der Waals surface area (Å²) in [4.78, 5) is 17.3. The normalized spacial score (nSPS) is 23.2. The first kappa shape index (κ1) is 18.8. The molecule has 0 amide bonds. The maximum atomic E-state index is 10.6. The lowest BCUT2D eigenvalue weighted by Crippen LogP contribution is -2.53. The maximum absolute atomic E-state index is 10.6. The Balaban J connectivity index is 1.23. The zero-order valence-corrected chi connectivity index (χ0v) is 17.1. The Morgan fingerprint density at radius 3 is 2.83 bits per heavy atom. The summed E-state index contributed by atoms with van der Waals surface area (Å²) in [6, 6.07) is 4.05. The number of aliphatic hydroxyl groups excluding tert-OH is 1. The summed E-state index contributed by atoms with van der Waals surface area (Å²) < 4.78 is 2.07. The molecule has 0 bridgehead atoms. The van der Waals surface area contributed by atoms with Gasteiger partial charge in [0.2, 0.25) is 0 Å². The van der Waals surface area contributed by atoms with Crippen molar-refractivity contribution in [1.29, 1.82) is 0 Å². The third-order valence-corrected chi connectivity index (χ3v) is 6.81. The summed E-state index contributed by atoms with van der Waals surface area (Å²) in [7, 11) is 2.04. The number of β-amino-alcohol motifs (C(OH)–C–C–N with tert-alkyl or cyclic N) is 1. The number of aromatic nitrogens is 4. The smallest absolute Gasteiger partial charge is 0.122 e. The Morgan fingerprint density at radius 2 is 2.03 bits per heavy atom. The van der Waals surface area contributed by atoms with Gasteiger partial charge in [0, 0.05) is 57.0 Å². The van der Waals surface area contributed by atoms with Crippen molar-refractivity contribution in [1.82, 2.24) is 29.3 Å². The van der Waals surface area contributed by atoms with Gasteiger partial charge in [0.15, 0.2) is 0 Å². The number of aryl methyl sites for hydroxylation is 1. The van der Waals surface area contributed by atoms with Gasteiger partial charge in [-0.25, -0.2) is 4.98 Å². The number of pyridine rings is 1. The van der Waals surface area contributed by atoms with Gasteiger partial charge in [0.25, 0.3) is 0 Å². The summed E-state index contributed by atoms with van der Waals surface area (Å²) in [5.41, 5.74) is 3.69. The van der Waals surface area contributed by atoms with Crippen molar-refractivity contribution in [3.8, 4) is 0 Å². The summed E-state index contributed by atoms with van der Waals surface area (Å²) in [6.07, 6.45) is 10.8. The van der Waals surface area contributed by atoms with Crippen molar-refractivity contribution >= 4 is 11.0 Å². The average Bonchev–Trinajstić information content (AvgIpc) is 3.30. The van der Waals surface area contributed by atoms with Gasteiger partial charge in [-0.15, -0.1) is 0 Å². The molecule has 3 aromatic heterocycles. The van der Waals surface area contributed by atoms with Crippen LogP contribution in [0.1, 0.15) is 30.7 Å². The molecule has 1 unspecified atom stereocenters. The molecular formula is C22H30N6O. The van der Waals surface area contributed by atoms with Gasteiger partial charge in [0.1, 0.15) is 5.82 Å². The van der Waals surface area contributed by atoms with E-state index in [2.05, 4.69) is 41.6 Å². The minimum Gasteiger partial charge on any atom is -0.392 e. The minimum absolute atomic E-state index is 0.220. The molecule has 0 radical (unpaired) electrons. The fourth-order valence-electron chi connectivity index (χ4n) is 5.26. The molecule has 5 heterocycles. The largest absolute Gasteiger partial charge is 0.392 e. The van der Waals surface area contributed by atoms with Crippen LogP contribution in [-0.2, 0) is 20.1 Å². The third-order valence-electron chi connectivity index (χ3n) is 6.81. The zero-order valence-electron chi connectivity index (χ0n) is 17.1. The molecule has 7 nitrogen and oxygen atoms in total. The van der Waals surface area contributed by atoms with Crippen LogP contribution in [0.25, 0.3) is 11.0 Å². The lowest BCUT2D eigenvalue weighted by Gasteiger charge is -2.49. The molecule has 1 atom stereocenters. The molecule has 1 spiro atoms. The second-order valence-electron chi connectivity index (χ2n) is 8.97. The van der Waals surface area contributed by atoms with Gasteiger partial charge < -0.3 is 14.7 Å². The highest BCUT2D eigenvalue weighted by molar-refractivity contribution is 5.78. The fraction of sp³-hybridized carbons (Fsp3) is 0.545. The molecule has 29 heavy (non-hydrogen) atoms. The van der Waals surface area contributed by atoms with Crippen LogP contribution in [0.2, 0.25) is 0 Å². The minimum atomic E-state index is -0.242. The summed E-state index contributed by atoms with van der Waals surface area (Å²) >= 11 is 0. The standard InChI is InChI=1S/C22H30N6O/c1-26-10-7-23-20(26)15-28-14-18(29)11-22(16-28)4-8-27(9-5-22)13-17-12-25-19-3-2-6-24-21(17)19/h2-3,6-7,10,12,18,25,29H,4-5,8-9,11,13-16H2,1H3. The Morgan fingerprint density at radius 1 is 1.17 bits per heavy atom. The van der Waals surface area contributed by atoms with Crippen LogP contribution in [0.3, 0.4) is 0 Å². The van der Waals surface area contributed by atoms with Crippen molar-refractivity contribution < 1.29 is 5.11 Å². The molecule has 2 aliphatic heterocycles. The fourth-order valence-corrected chi connectivity index (χ4v) is 5.26. The van der Waals surface area contributed by atoms with E-state index in [1.54, 1.807) is 0 Å². The third kappa shape index (κ3) is 3.82. The van der Waals surface area contributed by atoms with Gasteiger partial charge in [-0.2, -0.15) is 0 Å².